The predicted molar refractivity (Wildman–Crippen MR) is 37.7 cm³/mol. The van der Waals surface area contributed by atoms with Crippen LogP contribution in [0.4, 0.5) is 13.2 Å². The average molecular weight is 178 g/mol. The first kappa shape index (κ1) is 9.09. The summed E-state index contributed by atoms with van der Waals surface area (Å²) in [7, 11) is 1.50. The lowest BCUT2D eigenvalue weighted by Gasteiger charge is -2.01. The van der Waals surface area contributed by atoms with Crippen molar-refractivity contribution in [2.45, 2.75) is 20.0 Å². The van der Waals surface area contributed by atoms with Crippen LogP contribution in [0.1, 0.15) is 17.0 Å². The Balaban J connectivity index is 3.28. The van der Waals surface area contributed by atoms with E-state index in [1.165, 1.54) is 18.7 Å². The first-order valence-electron chi connectivity index (χ1n) is 3.41. The summed E-state index contributed by atoms with van der Waals surface area (Å²) in [6.45, 7) is 3.03. The van der Waals surface area contributed by atoms with E-state index in [0.717, 1.165) is 0 Å². The highest BCUT2D eigenvalue weighted by Crippen LogP contribution is 2.31. The molecule has 0 saturated heterocycles. The van der Waals surface area contributed by atoms with E-state index in [4.69, 9.17) is 0 Å². The van der Waals surface area contributed by atoms with Gasteiger partial charge in [-0.15, -0.1) is 0 Å². The van der Waals surface area contributed by atoms with Crippen LogP contribution in [0.15, 0.2) is 0 Å². The zero-order chi connectivity index (χ0) is 9.52. The second-order valence-electron chi connectivity index (χ2n) is 2.68. The van der Waals surface area contributed by atoms with Gasteiger partial charge in [0.25, 0.3) is 0 Å². The normalized spacial score (nSPS) is 12.2. The molecule has 0 atom stereocenters. The second-order valence-corrected chi connectivity index (χ2v) is 2.68. The molecule has 0 N–H and O–H groups in total. The van der Waals surface area contributed by atoms with Gasteiger partial charge in [-0.1, -0.05) is 0 Å². The lowest BCUT2D eigenvalue weighted by molar-refractivity contribution is -0.141. The largest absolute Gasteiger partial charge is 0.435 e. The second kappa shape index (κ2) is 2.50. The third-order valence-electron chi connectivity index (χ3n) is 1.90. The molecule has 0 saturated carbocycles. The van der Waals surface area contributed by atoms with Crippen LogP contribution >= 0.6 is 0 Å². The van der Waals surface area contributed by atoms with Crippen LogP contribution in [0, 0.1) is 13.8 Å². The summed E-state index contributed by atoms with van der Waals surface area (Å²) in [6.07, 6.45) is -4.34. The van der Waals surface area contributed by atoms with Crippen molar-refractivity contribution in [1.82, 2.24) is 9.78 Å². The molecule has 0 unspecified atom stereocenters. The monoisotopic (exact) mass is 178 g/mol. The van der Waals surface area contributed by atoms with E-state index in [0.29, 0.717) is 5.69 Å². The van der Waals surface area contributed by atoms with E-state index in [1.54, 1.807) is 6.92 Å². The van der Waals surface area contributed by atoms with Crippen LogP contribution in [0.2, 0.25) is 0 Å². The van der Waals surface area contributed by atoms with Gasteiger partial charge in [0.1, 0.15) is 0 Å². The van der Waals surface area contributed by atoms with Crippen LogP contribution in [0.25, 0.3) is 0 Å². The van der Waals surface area contributed by atoms with Crippen molar-refractivity contribution in [2.75, 3.05) is 0 Å². The van der Waals surface area contributed by atoms with Crippen LogP contribution < -0.4 is 0 Å². The van der Waals surface area contributed by atoms with Crippen LogP contribution in [-0.2, 0) is 13.2 Å². The first-order chi connectivity index (χ1) is 5.34. The smallest absolute Gasteiger partial charge is 0.272 e. The Kier molecular flexibility index (Phi) is 1.89. The molecule has 2 nitrogen and oxygen atoms in total. The third-order valence-corrected chi connectivity index (χ3v) is 1.90. The minimum atomic E-state index is -4.34. The minimum Gasteiger partial charge on any atom is -0.272 e. The van der Waals surface area contributed by atoms with Gasteiger partial charge in [0.05, 0.1) is 0 Å². The molecule has 0 aliphatic heterocycles. The molecule has 0 aliphatic rings. The van der Waals surface area contributed by atoms with Crippen molar-refractivity contribution in [3.8, 4) is 0 Å². The van der Waals surface area contributed by atoms with Gasteiger partial charge in [-0.05, 0) is 13.8 Å². The highest BCUT2D eigenvalue weighted by molar-refractivity contribution is 5.25. The number of nitrogens with zero attached hydrogens (tertiary/aromatic N) is 2. The molecule has 1 aromatic heterocycles. The van der Waals surface area contributed by atoms with Gasteiger partial charge in [-0.25, -0.2) is 0 Å². The van der Waals surface area contributed by atoms with Crippen LogP contribution in [0.3, 0.4) is 0 Å². The first-order valence-corrected chi connectivity index (χ1v) is 3.41. The summed E-state index contributed by atoms with van der Waals surface area (Å²) in [5.74, 6) is 0. The Labute approximate surface area is 68.0 Å². The summed E-state index contributed by atoms with van der Waals surface area (Å²) in [6, 6.07) is 0. The van der Waals surface area contributed by atoms with Gasteiger partial charge in [-0.3, -0.25) is 4.68 Å². The SMILES string of the molecule is Cc1c(C(F)(F)F)nn(C)c1C. The van der Waals surface area contributed by atoms with Crippen molar-refractivity contribution in [2.24, 2.45) is 7.05 Å². The molecule has 0 aliphatic carbocycles. The molecular formula is C7H9F3N2. The standard InChI is InChI=1S/C7H9F3N2/c1-4-5(2)12(3)11-6(4)7(8,9)10/h1-3H3. The third kappa shape index (κ3) is 1.31. The van der Waals surface area contributed by atoms with Gasteiger partial charge in [0.2, 0.25) is 0 Å². The van der Waals surface area contributed by atoms with Gasteiger partial charge >= 0.3 is 6.18 Å². The van der Waals surface area contributed by atoms with Crippen LogP contribution in [0.5, 0.6) is 0 Å². The molecule has 0 fully saturated rings. The molecule has 1 heterocycles. The number of aromatic nitrogens is 2. The maximum Gasteiger partial charge on any atom is 0.435 e. The average Bonchev–Trinajstić information content (AvgIpc) is 2.15. The lowest BCUT2D eigenvalue weighted by atomic mass is 10.2. The zero-order valence-corrected chi connectivity index (χ0v) is 7.03. The van der Waals surface area contributed by atoms with Crippen molar-refractivity contribution in [1.29, 1.82) is 0 Å². The zero-order valence-electron chi connectivity index (χ0n) is 7.03. The maximum absolute atomic E-state index is 12.2. The molecule has 0 amide bonds. The Morgan fingerprint density at radius 3 is 1.92 bits per heavy atom. The maximum atomic E-state index is 12.2. The number of hydrogen-bond acceptors (Lipinski definition) is 1. The van der Waals surface area contributed by atoms with E-state index in [2.05, 4.69) is 5.10 Å². The molecule has 1 aromatic rings. The molecule has 68 valence electrons. The van der Waals surface area contributed by atoms with E-state index in [1.807, 2.05) is 0 Å². The quantitative estimate of drug-likeness (QED) is 0.594. The summed E-state index contributed by atoms with van der Waals surface area (Å²) < 4.78 is 37.7. The lowest BCUT2D eigenvalue weighted by Crippen LogP contribution is -2.08. The topological polar surface area (TPSA) is 17.8 Å². The number of halogens is 3. The Bertz CT molecular complexity index is 298. The summed E-state index contributed by atoms with van der Waals surface area (Å²) in [5.41, 5.74) is -0.0465. The fourth-order valence-electron chi connectivity index (χ4n) is 0.983. The Morgan fingerprint density at radius 1 is 1.25 bits per heavy atom. The van der Waals surface area contributed by atoms with Gasteiger partial charge in [-0.2, -0.15) is 18.3 Å². The van der Waals surface area contributed by atoms with E-state index >= 15 is 0 Å². The molecule has 0 bridgehead atoms. The highest BCUT2D eigenvalue weighted by Gasteiger charge is 2.36. The molecule has 0 radical (unpaired) electrons. The summed E-state index contributed by atoms with van der Waals surface area (Å²) in [4.78, 5) is 0. The van der Waals surface area contributed by atoms with E-state index in [9.17, 15) is 13.2 Å². The highest BCUT2D eigenvalue weighted by atomic mass is 19.4. The molecular weight excluding hydrogens is 169 g/mol. The molecule has 5 heteroatoms. The Hall–Kier alpha value is -1.00. The summed E-state index contributed by atoms with van der Waals surface area (Å²) >= 11 is 0. The van der Waals surface area contributed by atoms with Gasteiger partial charge in [0.15, 0.2) is 5.69 Å². The number of aryl methyl sites for hydroxylation is 1. The predicted octanol–water partition coefficient (Wildman–Crippen LogP) is 2.06. The molecule has 0 aromatic carbocycles. The van der Waals surface area contributed by atoms with E-state index in [-0.39, 0.29) is 5.56 Å². The fourth-order valence-corrected chi connectivity index (χ4v) is 0.983. The van der Waals surface area contributed by atoms with Crippen LogP contribution in [-0.4, -0.2) is 9.78 Å². The fraction of sp³-hybridized carbons (Fsp3) is 0.571. The van der Waals surface area contributed by atoms with Crippen molar-refractivity contribution < 1.29 is 13.2 Å². The number of rotatable bonds is 0. The van der Waals surface area contributed by atoms with Gasteiger partial charge in [0, 0.05) is 18.3 Å². The number of alkyl halides is 3. The summed E-state index contributed by atoms with van der Waals surface area (Å²) in [5, 5.41) is 3.37. The molecule has 1 rings (SSSR count). The number of hydrogen-bond donors (Lipinski definition) is 0. The van der Waals surface area contributed by atoms with E-state index < -0.39 is 11.9 Å². The minimum absolute atomic E-state index is 0.199. The van der Waals surface area contributed by atoms with Crippen molar-refractivity contribution >= 4 is 0 Å². The molecule has 12 heavy (non-hydrogen) atoms. The van der Waals surface area contributed by atoms with Crippen molar-refractivity contribution in [3.63, 3.8) is 0 Å². The van der Waals surface area contributed by atoms with Crippen molar-refractivity contribution in [3.05, 3.63) is 17.0 Å². The van der Waals surface area contributed by atoms with Gasteiger partial charge < -0.3 is 0 Å². The Morgan fingerprint density at radius 2 is 1.75 bits per heavy atom. The molecule has 0 spiro atoms.